The molecule has 6 N–H and O–H groups in total. The van der Waals surface area contributed by atoms with E-state index in [-0.39, 0.29) is 34.1 Å². The molecule has 0 atom stereocenters. The van der Waals surface area contributed by atoms with Crippen LogP contribution in [0.3, 0.4) is 0 Å². The molecule has 3 aromatic heterocycles. The van der Waals surface area contributed by atoms with Gasteiger partial charge in [0.25, 0.3) is 0 Å². The molecule has 7 aromatic rings. The molecular weight excluding hydrogens is 799 g/mol. The number of phenolic OH excluding ortho intramolecular Hbond substituents is 4. The summed E-state index contributed by atoms with van der Waals surface area (Å²) in [4.78, 5) is 20.1. The summed E-state index contributed by atoms with van der Waals surface area (Å²) in [6.45, 7) is 2.06. The maximum atomic E-state index is 11.5. The number of hydrogen-bond acceptors (Lipinski definition) is 7. The molecule has 0 radical (unpaired) electrons. The van der Waals surface area contributed by atoms with Gasteiger partial charge in [-0.2, -0.15) is 0 Å². The average molecular weight is 852 g/mol. The highest BCUT2D eigenvalue weighted by molar-refractivity contribution is 6.02. The van der Waals surface area contributed by atoms with Crippen LogP contribution in [0.4, 0.5) is 17.1 Å². The summed E-state index contributed by atoms with van der Waals surface area (Å²) in [5.41, 5.74) is 14.2. The average Bonchev–Trinajstić information content (AvgIpc) is 4.07. The molecule has 9 rings (SSSR count). The molecule has 0 amide bonds. The fraction of sp³-hybridized carbons (Fsp3) is 0.170. The van der Waals surface area contributed by atoms with E-state index < -0.39 is 0 Å². The lowest BCUT2D eigenvalue weighted by Crippen LogP contribution is -2.37. The second-order valence-corrected chi connectivity index (χ2v) is 18.6. The number of nitrogens with zero attached hydrogens (tertiary/aromatic N) is 5. The predicted molar refractivity (Wildman–Crippen MR) is 265 cm³/mol. The van der Waals surface area contributed by atoms with Crippen molar-refractivity contribution in [3.8, 4) is 67.5 Å². The monoisotopic (exact) mass is 851 g/mol. The number of fused-ring (bicyclic) bond motifs is 8. The summed E-state index contributed by atoms with van der Waals surface area (Å²) in [6.07, 6.45) is 7.74. The van der Waals surface area contributed by atoms with Crippen molar-refractivity contribution in [1.29, 1.82) is 0 Å². The Labute approximate surface area is 372 Å². The molecule has 0 aliphatic carbocycles. The van der Waals surface area contributed by atoms with Gasteiger partial charge in [0, 0.05) is 76.2 Å². The Hall–Kier alpha value is -7.60. The highest BCUT2D eigenvalue weighted by atomic mass is 16.3. The molecule has 5 heterocycles. The number of aromatic hydroxyl groups is 4. The number of rotatable bonds is 7. The molecule has 0 fully saturated rings. The Morgan fingerprint density at radius 1 is 0.438 bits per heavy atom. The van der Waals surface area contributed by atoms with Gasteiger partial charge < -0.3 is 35.3 Å². The van der Waals surface area contributed by atoms with Crippen LogP contribution in [-0.4, -0.2) is 96.7 Å². The van der Waals surface area contributed by atoms with Crippen molar-refractivity contribution in [3.05, 3.63) is 125 Å². The van der Waals surface area contributed by atoms with E-state index in [1.54, 1.807) is 36.4 Å². The Kier molecular flexibility index (Phi) is 10.0. The predicted octanol–water partition coefficient (Wildman–Crippen LogP) is 10.9. The van der Waals surface area contributed by atoms with Crippen LogP contribution in [0.1, 0.15) is 28.3 Å². The summed E-state index contributed by atoms with van der Waals surface area (Å²) in [6, 6.07) is 30.3. The molecule has 64 heavy (non-hydrogen) atoms. The van der Waals surface area contributed by atoms with Crippen molar-refractivity contribution in [2.75, 3.05) is 61.3 Å². The van der Waals surface area contributed by atoms with E-state index >= 15 is 0 Å². The zero-order valence-electron chi connectivity index (χ0n) is 37.6. The van der Waals surface area contributed by atoms with Crippen LogP contribution in [0.5, 0.6) is 23.0 Å². The Morgan fingerprint density at radius 3 is 1.17 bits per heavy atom. The number of quaternary nitrogens is 2. The minimum atomic E-state index is -0.0945. The number of hydrogen-bond donors (Lipinski definition) is 6. The van der Waals surface area contributed by atoms with E-state index in [4.69, 9.17) is 9.97 Å². The summed E-state index contributed by atoms with van der Waals surface area (Å²) in [5.74, 6) is -0.378. The van der Waals surface area contributed by atoms with Crippen LogP contribution in [-0.2, 0) is 0 Å². The van der Waals surface area contributed by atoms with Gasteiger partial charge in [-0.25, -0.2) is 9.97 Å². The first kappa shape index (κ1) is 41.7. The van der Waals surface area contributed by atoms with Crippen molar-refractivity contribution < 1.29 is 20.4 Å². The first-order valence-electron chi connectivity index (χ1n) is 21.1. The van der Waals surface area contributed by atoms with Crippen molar-refractivity contribution in [2.45, 2.75) is 6.92 Å². The third-order valence-electron chi connectivity index (χ3n) is 11.9. The lowest BCUT2D eigenvalue weighted by atomic mass is 10.0. The van der Waals surface area contributed by atoms with E-state index in [2.05, 4.69) is 100 Å². The quantitative estimate of drug-likeness (QED) is 0.0877. The molecule has 2 aliphatic heterocycles. The molecule has 11 heteroatoms. The highest BCUT2D eigenvalue weighted by Gasteiger charge is 2.26. The molecule has 2 aliphatic rings. The normalized spacial score (nSPS) is 12.6. The van der Waals surface area contributed by atoms with E-state index in [0.717, 1.165) is 55.9 Å². The van der Waals surface area contributed by atoms with Gasteiger partial charge in [0.15, 0.2) is 0 Å². The van der Waals surface area contributed by atoms with Crippen LogP contribution in [0.15, 0.2) is 97.1 Å². The number of anilines is 1. The Bertz CT molecular complexity index is 3160. The van der Waals surface area contributed by atoms with Gasteiger partial charge in [0.1, 0.15) is 34.4 Å². The van der Waals surface area contributed by atoms with Gasteiger partial charge in [0.2, 0.25) is 0 Å². The third kappa shape index (κ3) is 7.44. The topological polar surface area (TPSA) is 142 Å². The molecule has 0 saturated heterocycles. The summed E-state index contributed by atoms with van der Waals surface area (Å²) in [5, 5.41) is 46.0. The van der Waals surface area contributed by atoms with Crippen molar-refractivity contribution in [1.82, 2.24) is 28.9 Å². The number of benzene rings is 4. The maximum Gasteiger partial charge on any atom is 0.138 e. The fourth-order valence-corrected chi connectivity index (χ4v) is 8.59. The van der Waals surface area contributed by atoms with Crippen LogP contribution >= 0.6 is 0 Å². The lowest BCUT2D eigenvalue weighted by Gasteiger charge is -2.28. The molecule has 322 valence electrons. The number of phenols is 4. The molecular formula is C53H53N7O4+2. The number of aromatic amines is 2. The standard InChI is InChI=1S/C53H51N7O4/c1-30-24-31(26-33(25-30)58(2)3)48-36-16-20-40(54-36)50(52-44(61)12-10-13-45(52)62)42-22-18-38(56-42)49(32-27-34(59(4,5)6)29-35(28-32)60(7,8)9)39-19-23-43(57-39)51(41-21-17-37(48)55-41)53-46(63)14-11-15-47(53)64/h10-29H,1-9H3,(H4-2,54,55,56,57,61,62,63,64)/p+2. The first-order chi connectivity index (χ1) is 30.3. The zero-order valence-corrected chi connectivity index (χ0v) is 37.6. The molecule has 11 nitrogen and oxygen atoms in total. The van der Waals surface area contributed by atoms with Crippen molar-refractivity contribution in [3.63, 3.8) is 0 Å². The fourth-order valence-electron chi connectivity index (χ4n) is 8.59. The summed E-state index contributed by atoms with van der Waals surface area (Å²) < 4.78 is 1.13. The van der Waals surface area contributed by atoms with Crippen LogP contribution in [0.2, 0.25) is 0 Å². The van der Waals surface area contributed by atoms with Crippen LogP contribution in [0.25, 0.3) is 90.9 Å². The van der Waals surface area contributed by atoms with Crippen LogP contribution in [0, 0.1) is 6.92 Å². The Morgan fingerprint density at radius 2 is 0.797 bits per heavy atom. The molecule has 4 aromatic carbocycles. The minimum absolute atomic E-state index is 0.0945. The van der Waals surface area contributed by atoms with Gasteiger partial charge in [-0.1, -0.05) is 18.2 Å². The molecule has 8 bridgehead atoms. The largest absolute Gasteiger partial charge is 0.507 e. The lowest BCUT2D eigenvalue weighted by molar-refractivity contribution is 0.453. The minimum Gasteiger partial charge on any atom is -0.507 e. The first-order valence-corrected chi connectivity index (χ1v) is 21.1. The second kappa shape index (κ2) is 15.3. The summed E-state index contributed by atoms with van der Waals surface area (Å²) >= 11 is 0. The van der Waals surface area contributed by atoms with Crippen molar-refractivity contribution >= 4 is 63.4 Å². The highest BCUT2D eigenvalue weighted by Crippen LogP contribution is 2.46. The zero-order chi connectivity index (χ0) is 45.4. The van der Waals surface area contributed by atoms with Gasteiger partial charge in [-0.05, 0) is 109 Å². The van der Waals surface area contributed by atoms with Gasteiger partial charge >= 0.3 is 0 Å². The molecule has 0 spiro atoms. The number of nitrogens with one attached hydrogen (secondary N) is 2. The molecule has 0 unspecified atom stereocenters. The number of H-pyrrole nitrogens is 2. The smallest absolute Gasteiger partial charge is 0.138 e. The third-order valence-corrected chi connectivity index (χ3v) is 11.9. The van der Waals surface area contributed by atoms with Gasteiger partial charge in [-0.15, -0.1) is 0 Å². The van der Waals surface area contributed by atoms with Gasteiger partial charge in [0.05, 0.1) is 82.3 Å². The second-order valence-electron chi connectivity index (χ2n) is 18.6. The van der Waals surface area contributed by atoms with E-state index in [0.29, 0.717) is 53.9 Å². The maximum absolute atomic E-state index is 11.5. The molecule has 0 saturated carbocycles. The van der Waals surface area contributed by atoms with E-state index in [1.165, 1.54) is 0 Å². The van der Waals surface area contributed by atoms with E-state index in [1.807, 2.05) is 62.7 Å². The van der Waals surface area contributed by atoms with Crippen LogP contribution < -0.4 is 13.9 Å². The van der Waals surface area contributed by atoms with Crippen molar-refractivity contribution in [2.24, 2.45) is 0 Å². The van der Waals surface area contributed by atoms with Gasteiger partial charge in [-0.3, -0.25) is 8.97 Å². The Balaban J connectivity index is 1.52. The number of aryl methyl sites for hydroxylation is 1. The number of aromatic nitrogens is 4. The summed E-state index contributed by atoms with van der Waals surface area (Å²) in [7, 11) is 16.9. The van der Waals surface area contributed by atoms with E-state index in [9.17, 15) is 20.4 Å². The SMILES string of the molecule is Cc1cc(-c2c3nc(c(-c4c(O)cccc4O)c4ccc([nH]4)c(-c4cc([N+](C)(C)C)cc([N+](C)(C)C)c4)c4nc(c(-c5c(O)cccc5O)c5ccc2[nH]5)C=C4)C=C3)cc(N(C)C)c1.